The van der Waals surface area contributed by atoms with Crippen LogP contribution in [0.4, 0.5) is 0 Å². The van der Waals surface area contributed by atoms with Crippen LogP contribution >= 0.6 is 0 Å². The Hall–Kier alpha value is -0.830. The van der Waals surface area contributed by atoms with Gasteiger partial charge in [-0.2, -0.15) is 0 Å². The molecule has 2 fully saturated rings. The van der Waals surface area contributed by atoms with Crippen LogP contribution in [0, 0.1) is 5.92 Å². The van der Waals surface area contributed by atoms with Crippen LogP contribution in [0.25, 0.3) is 0 Å². The molecular weight excluding hydrogens is 190 g/mol. The fraction of sp³-hybridized carbons (Fsp3) is 0.750. The standard InChI is InChI=1S/C7H10.C5H9NO2/c1-2-7-4-3-6(1)5-7;7-5(8)4-2-1-3-6-4/h1,7H,2-5H2;4,6H,1-3H2,(H,7,8). The van der Waals surface area contributed by atoms with E-state index in [1.807, 2.05) is 0 Å². The van der Waals surface area contributed by atoms with Crippen LogP contribution < -0.4 is 5.32 Å². The van der Waals surface area contributed by atoms with Gasteiger partial charge >= 0.3 is 5.97 Å². The molecule has 0 aromatic heterocycles. The fourth-order valence-corrected chi connectivity index (χ4v) is 2.58. The van der Waals surface area contributed by atoms with E-state index >= 15 is 0 Å². The Labute approximate surface area is 90.6 Å². The number of hydrogen-bond acceptors (Lipinski definition) is 2. The van der Waals surface area contributed by atoms with Crippen molar-refractivity contribution in [3.05, 3.63) is 11.6 Å². The Morgan fingerprint density at radius 3 is 2.53 bits per heavy atom. The van der Waals surface area contributed by atoms with Crippen LogP contribution in [0.2, 0.25) is 0 Å². The van der Waals surface area contributed by atoms with Crippen LogP contribution in [-0.2, 0) is 4.79 Å². The lowest BCUT2D eigenvalue weighted by Gasteiger charge is -1.99. The lowest BCUT2D eigenvalue weighted by atomic mass is 10.1. The van der Waals surface area contributed by atoms with Crippen molar-refractivity contribution < 1.29 is 9.90 Å². The minimum atomic E-state index is -0.720. The van der Waals surface area contributed by atoms with E-state index in [9.17, 15) is 4.79 Å². The van der Waals surface area contributed by atoms with E-state index in [2.05, 4.69) is 11.4 Å². The predicted octanol–water partition coefficient (Wildman–Crippen LogP) is 1.94. The zero-order valence-electron chi connectivity index (χ0n) is 9.04. The summed E-state index contributed by atoms with van der Waals surface area (Å²) in [5.74, 6) is 0.359. The van der Waals surface area contributed by atoms with Crippen LogP contribution in [0.15, 0.2) is 11.6 Å². The van der Waals surface area contributed by atoms with Crippen LogP contribution in [0.5, 0.6) is 0 Å². The monoisotopic (exact) mass is 209 g/mol. The third-order valence-corrected chi connectivity index (χ3v) is 3.52. The molecule has 2 aliphatic carbocycles. The molecular formula is C12H19NO2. The van der Waals surface area contributed by atoms with Crippen LogP contribution in [-0.4, -0.2) is 23.7 Å². The Bertz CT molecular complexity index is 267. The van der Waals surface area contributed by atoms with Crippen molar-refractivity contribution in [1.82, 2.24) is 5.32 Å². The van der Waals surface area contributed by atoms with E-state index in [0.717, 1.165) is 25.3 Å². The summed E-state index contributed by atoms with van der Waals surface area (Å²) in [4.78, 5) is 10.1. The first-order chi connectivity index (χ1) is 7.25. The number of carboxylic acid groups (broad SMARTS) is 1. The molecule has 2 N–H and O–H groups in total. The maximum absolute atomic E-state index is 10.1. The van der Waals surface area contributed by atoms with Gasteiger partial charge in [0.1, 0.15) is 6.04 Å². The lowest BCUT2D eigenvalue weighted by molar-refractivity contribution is -0.139. The zero-order valence-corrected chi connectivity index (χ0v) is 9.04. The fourth-order valence-electron chi connectivity index (χ4n) is 2.58. The second-order valence-corrected chi connectivity index (χ2v) is 4.69. The minimum Gasteiger partial charge on any atom is -0.480 e. The van der Waals surface area contributed by atoms with Crippen LogP contribution in [0.3, 0.4) is 0 Å². The summed E-state index contributed by atoms with van der Waals surface area (Å²) in [6.45, 7) is 0.858. The van der Waals surface area contributed by atoms with E-state index in [4.69, 9.17) is 5.11 Å². The number of nitrogens with one attached hydrogen (secondary N) is 1. The van der Waals surface area contributed by atoms with Gasteiger partial charge in [-0.15, -0.1) is 0 Å². The average Bonchev–Trinajstić information content (AvgIpc) is 2.98. The number of fused-ring (bicyclic) bond motifs is 2. The number of carbonyl (C=O) groups is 1. The molecule has 1 saturated heterocycles. The Morgan fingerprint density at radius 1 is 1.47 bits per heavy atom. The normalized spacial score (nSPS) is 32.1. The third-order valence-electron chi connectivity index (χ3n) is 3.52. The molecule has 3 nitrogen and oxygen atoms in total. The largest absolute Gasteiger partial charge is 0.480 e. The maximum atomic E-state index is 10.1. The Balaban J connectivity index is 0.000000114. The first-order valence-electron chi connectivity index (χ1n) is 5.90. The second kappa shape index (κ2) is 4.79. The van der Waals surface area contributed by atoms with E-state index in [0.29, 0.717) is 0 Å². The van der Waals surface area contributed by atoms with Crippen molar-refractivity contribution in [2.75, 3.05) is 6.54 Å². The van der Waals surface area contributed by atoms with Gasteiger partial charge in [-0.3, -0.25) is 4.79 Å². The maximum Gasteiger partial charge on any atom is 0.320 e. The van der Waals surface area contributed by atoms with Gasteiger partial charge in [-0.25, -0.2) is 0 Å². The summed E-state index contributed by atoms with van der Waals surface area (Å²) < 4.78 is 0. The van der Waals surface area contributed by atoms with Crippen molar-refractivity contribution in [3.63, 3.8) is 0 Å². The third kappa shape index (κ3) is 2.81. The van der Waals surface area contributed by atoms with Gasteiger partial charge in [-0.1, -0.05) is 11.6 Å². The summed E-state index contributed by atoms with van der Waals surface area (Å²) >= 11 is 0. The lowest BCUT2D eigenvalue weighted by Crippen LogP contribution is -2.29. The predicted molar refractivity (Wildman–Crippen MR) is 58.7 cm³/mol. The van der Waals surface area contributed by atoms with Gasteiger partial charge in [0.15, 0.2) is 0 Å². The average molecular weight is 209 g/mol. The van der Waals surface area contributed by atoms with Crippen molar-refractivity contribution >= 4 is 5.97 Å². The molecule has 0 radical (unpaired) electrons. The highest BCUT2D eigenvalue weighted by Crippen LogP contribution is 2.38. The van der Waals surface area contributed by atoms with Gasteiger partial charge < -0.3 is 10.4 Å². The molecule has 15 heavy (non-hydrogen) atoms. The molecule has 2 atom stereocenters. The molecule has 1 aliphatic heterocycles. The molecule has 0 spiro atoms. The molecule has 1 saturated carbocycles. The van der Waals surface area contributed by atoms with Crippen LogP contribution in [0.1, 0.15) is 38.5 Å². The summed E-state index contributed by atoms with van der Waals surface area (Å²) in [6, 6.07) is -0.269. The first kappa shape index (κ1) is 10.7. The summed E-state index contributed by atoms with van der Waals surface area (Å²) in [5, 5.41) is 11.2. The molecule has 3 aliphatic rings. The highest BCUT2D eigenvalue weighted by atomic mass is 16.4. The molecule has 1 heterocycles. The smallest absolute Gasteiger partial charge is 0.320 e. The van der Waals surface area contributed by atoms with Gasteiger partial charge in [0.2, 0.25) is 0 Å². The molecule has 0 amide bonds. The minimum absolute atomic E-state index is 0.269. The zero-order chi connectivity index (χ0) is 10.7. The van der Waals surface area contributed by atoms with Gasteiger partial charge in [0, 0.05) is 0 Å². The summed E-state index contributed by atoms with van der Waals surface area (Å²) in [5.41, 5.74) is 1.74. The van der Waals surface area contributed by atoms with E-state index in [-0.39, 0.29) is 6.04 Å². The van der Waals surface area contributed by atoms with Crippen molar-refractivity contribution in [1.29, 1.82) is 0 Å². The number of aliphatic carboxylic acids is 1. The second-order valence-electron chi connectivity index (χ2n) is 4.69. The van der Waals surface area contributed by atoms with Gasteiger partial charge in [-0.05, 0) is 51.0 Å². The summed E-state index contributed by atoms with van der Waals surface area (Å²) in [6.07, 6.45) is 9.96. The highest BCUT2D eigenvalue weighted by Gasteiger charge is 2.23. The van der Waals surface area contributed by atoms with Crippen molar-refractivity contribution in [2.45, 2.75) is 44.6 Å². The number of carboxylic acids is 1. The molecule has 0 aromatic rings. The molecule has 2 bridgehead atoms. The quantitative estimate of drug-likeness (QED) is 0.649. The van der Waals surface area contributed by atoms with E-state index in [1.165, 1.54) is 25.7 Å². The first-order valence-corrected chi connectivity index (χ1v) is 5.90. The summed E-state index contributed by atoms with van der Waals surface area (Å²) in [7, 11) is 0. The SMILES string of the molecule is C1=C2CCC(C1)C2.O=C(O)C1CCCN1. The number of hydrogen-bond donors (Lipinski definition) is 2. The molecule has 0 aromatic carbocycles. The Kier molecular flexibility index (Phi) is 3.41. The van der Waals surface area contributed by atoms with Gasteiger partial charge in [0.05, 0.1) is 0 Å². The molecule has 3 rings (SSSR count). The Morgan fingerprint density at radius 2 is 2.33 bits per heavy atom. The molecule has 3 heteroatoms. The number of rotatable bonds is 1. The van der Waals surface area contributed by atoms with Crippen molar-refractivity contribution in [3.8, 4) is 0 Å². The van der Waals surface area contributed by atoms with E-state index in [1.54, 1.807) is 5.57 Å². The van der Waals surface area contributed by atoms with Gasteiger partial charge in [0.25, 0.3) is 0 Å². The highest BCUT2D eigenvalue weighted by molar-refractivity contribution is 5.73. The van der Waals surface area contributed by atoms with Crippen molar-refractivity contribution in [2.24, 2.45) is 5.92 Å². The number of allylic oxidation sites excluding steroid dienone is 2. The molecule has 84 valence electrons. The topological polar surface area (TPSA) is 49.3 Å². The van der Waals surface area contributed by atoms with E-state index < -0.39 is 5.97 Å². The molecule has 2 unspecified atom stereocenters.